The molecule has 0 aromatic heterocycles. The average molecular weight is 330 g/mol. The summed E-state index contributed by atoms with van der Waals surface area (Å²) in [6.45, 7) is 8.74. The average Bonchev–Trinajstić information content (AvgIpc) is 2.58. The van der Waals surface area contributed by atoms with Crippen molar-refractivity contribution in [3.8, 4) is 0 Å². The molecule has 1 atom stereocenters. The van der Waals surface area contributed by atoms with Gasteiger partial charge in [-0.1, -0.05) is 12.7 Å². The second kappa shape index (κ2) is 8.25. The summed E-state index contributed by atoms with van der Waals surface area (Å²) in [5.74, 6) is -0.244. The Morgan fingerprint density at radius 3 is 2.75 bits per heavy atom. The van der Waals surface area contributed by atoms with Crippen LogP contribution in [-0.4, -0.2) is 33.1 Å². The molecule has 0 spiro atoms. The highest BCUT2D eigenvalue weighted by molar-refractivity contribution is 6.02. The van der Waals surface area contributed by atoms with Gasteiger partial charge in [0, 0.05) is 32.5 Å². The van der Waals surface area contributed by atoms with Crippen LogP contribution in [0.4, 0.5) is 10.1 Å². The topological polar surface area (TPSA) is 24.8 Å². The molecule has 1 fully saturated rings. The van der Waals surface area contributed by atoms with E-state index in [0.717, 1.165) is 48.1 Å². The van der Waals surface area contributed by atoms with Gasteiger partial charge in [0.05, 0.1) is 5.69 Å². The lowest BCUT2D eigenvalue weighted by molar-refractivity contribution is 0.0170. The Labute approximate surface area is 144 Å². The summed E-state index contributed by atoms with van der Waals surface area (Å²) in [7, 11) is 3.61. The molecule has 0 radical (unpaired) electrons. The fourth-order valence-corrected chi connectivity index (χ4v) is 3.12. The van der Waals surface area contributed by atoms with Gasteiger partial charge in [0.15, 0.2) is 0 Å². The molecule has 24 heavy (non-hydrogen) atoms. The smallest absolute Gasteiger partial charge is 0.147 e. The van der Waals surface area contributed by atoms with Crippen molar-refractivity contribution in [1.82, 2.24) is 0 Å². The number of aryl methyl sites for hydroxylation is 1. The predicted molar refractivity (Wildman–Crippen MR) is 100 cm³/mol. The zero-order valence-electron chi connectivity index (χ0n) is 15.1. The highest BCUT2D eigenvalue weighted by atomic mass is 19.1. The van der Waals surface area contributed by atoms with Crippen LogP contribution in [0.1, 0.15) is 37.3 Å². The summed E-state index contributed by atoms with van der Waals surface area (Å²) in [6, 6.07) is 3.54. The van der Waals surface area contributed by atoms with E-state index in [2.05, 4.69) is 11.6 Å². The van der Waals surface area contributed by atoms with Crippen molar-refractivity contribution in [3.05, 3.63) is 47.3 Å². The lowest BCUT2D eigenvalue weighted by Gasteiger charge is -2.34. The Morgan fingerprint density at radius 1 is 1.42 bits per heavy atom. The molecular weight excluding hydrogens is 303 g/mol. The summed E-state index contributed by atoms with van der Waals surface area (Å²) >= 11 is 0. The summed E-state index contributed by atoms with van der Waals surface area (Å²) < 4.78 is 20.7. The van der Waals surface area contributed by atoms with Crippen molar-refractivity contribution in [3.63, 3.8) is 0 Å². The summed E-state index contributed by atoms with van der Waals surface area (Å²) in [6.07, 6.45) is 6.66. The van der Waals surface area contributed by atoms with Gasteiger partial charge in [-0.2, -0.15) is 0 Å². The van der Waals surface area contributed by atoms with Crippen LogP contribution >= 0.6 is 0 Å². The fraction of sp³-hybridized carbons (Fsp3) is 0.450. The molecule has 0 aliphatic carbocycles. The quantitative estimate of drug-likeness (QED) is 0.574. The van der Waals surface area contributed by atoms with Gasteiger partial charge in [-0.25, -0.2) is 4.39 Å². The van der Waals surface area contributed by atoms with E-state index < -0.39 is 0 Å². The van der Waals surface area contributed by atoms with Gasteiger partial charge in [0.25, 0.3) is 0 Å². The molecule has 1 saturated heterocycles. The van der Waals surface area contributed by atoms with Gasteiger partial charge in [-0.05, 0) is 62.0 Å². The van der Waals surface area contributed by atoms with Crippen molar-refractivity contribution in [2.24, 2.45) is 4.99 Å². The molecule has 2 rings (SSSR count). The minimum absolute atomic E-state index is 0.101. The zero-order valence-corrected chi connectivity index (χ0v) is 15.1. The number of benzene rings is 1. The molecule has 3 nitrogen and oxygen atoms in total. The molecule has 1 aliphatic heterocycles. The standard InChI is InChI=1S/C20H27FN2O/c1-6-16(13-22-4)15(3)17-11-14(2)12-18(21)20(17)23(5)19-9-7-8-10-24-19/h6,11-13,19H,3,7-10H2,1-2,4-5H3/b16-6+,22-13?. The van der Waals surface area contributed by atoms with Crippen molar-refractivity contribution < 1.29 is 9.13 Å². The molecule has 1 aliphatic rings. The third-order valence-electron chi connectivity index (χ3n) is 4.40. The Hall–Kier alpha value is -1.94. The van der Waals surface area contributed by atoms with Gasteiger partial charge in [-0.3, -0.25) is 4.99 Å². The molecule has 0 bridgehead atoms. The predicted octanol–water partition coefficient (Wildman–Crippen LogP) is 4.76. The third-order valence-corrected chi connectivity index (χ3v) is 4.40. The number of halogens is 1. The fourth-order valence-electron chi connectivity index (χ4n) is 3.12. The van der Waals surface area contributed by atoms with Crippen molar-refractivity contribution in [1.29, 1.82) is 0 Å². The summed E-state index contributed by atoms with van der Waals surface area (Å²) in [5, 5.41) is 0. The minimum Gasteiger partial charge on any atom is -0.358 e. The Kier molecular flexibility index (Phi) is 6.32. The van der Waals surface area contributed by atoms with Gasteiger partial charge in [0.2, 0.25) is 0 Å². The number of ether oxygens (including phenoxy) is 1. The molecule has 1 heterocycles. The highest BCUT2D eigenvalue weighted by Crippen LogP contribution is 2.35. The maximum Gasteiger partial charge on any atom is 0.147 e. The lowest BCUT2D eigenvalue weighted by atomic mass is 9.95. The largest absolute Gasteiger partial charge is 0.358 e. The first-order valence-corrected chi connectivity index (χ1v) is 8.42. The third kappa shape index (κ3) is 3.93. The first-order chi connectivity index (χ1) is 11.5. The maximum atomic E-state index is 14.8. The molecule has 0 saturated carbocycles. The number of anilines is 1. The SMILES string of the molecule is C=C(/C(C=NC)=C/C)c1cc(C)cc(F)c1N(C)C1CCCCO1. The molecular formula is C20H27FN2O. The number of nitrogens with zero attached hydrogens (tertiary/aromatic N) is 2. The van der Waals surface area contributed by atoms with Gasteiger partial charge in [-0.15, -0.1) is 0 Å². The van der Waals surface area contributed by atoms with Crippen LogP contribution in [0.3, 0.4) is 0 Å². The minimum atomic E-state index is -0.244. The van der Waals surface area contributed by atoms with E-state index >= 15 is 0 Å². The Bertz CT molecular complexity index is 658. The van der Waals surface area contributed by atoms with Gasteiger partial charge < -0.3 is 9.64 Å². The second-order valence-electron chi connectivity index (χ2n) is 6.18. The van der Waals surface area contributed by atoms with Crippen LogP contribution < -0.4 is 4.90 Å². The molecule has 4 heteroatoms. The van der Waals surface area contributed by atoms with Crippen LogP contribution in [0.2, 0.25) is 0 Å². The second-order valence-corrected chi connectivity index (χ2v) is 6.18. The molecule has 130 valence electrons. The molecule has 0 amide bonds. The van der Waals surface area contributed by atoms with Crippen molar-refractivity contribution >= 4 is 17.5 Å². The van der Waals surface area contributed by atoms with Gasteiger partial charge >= 0.3 is 0 Å². The number of allylic oxidation sites excluding steroid dienone is 3. The summed E-state index contributed by atoms with van der Waals surface area (Å²) in [5.41, 5.74) is 3.86. The van der Waals surface area contributed by atoms with Crippen LogP contribution in [0.15, 0.2) is 35.4 Å². The van der Waals surface area contributed by atoms with Crippen molar-refractivity contribution in [2.75, 3.05) is 25.6 Å². The number of hydrogen-bond acceptors (Lipinski definition) is 3. The number of aliphatic imine (C=N–C) groups is 1. The van der Waals surface area contributed by atoms with E-state index in [4.69, 9.17) is 4.74 Å². The first kappa shape index (κ1) is 18.4. The maximum absolute atomic E-state index is 14.8. The normalized spacial score (nSPS) is 18.9. The molecule has 0 N–H and O–H groups in total. The van der Waals surface area contributed by atoms with Gasteiger partial charge in [0.1, 0.15) is 12.0 Å². The highest BCUT2D eigenvalue weighted by Gasteiger charge is 2.25. The van der Waals surface area contributed by atoms with E-state index in [1.54, 1.807) is 19.3 Å². The van der Waals surface area contributed by atoms with E-state index in [1.807, 2.05) is 37.9 Å². The Balaban J connectivity index is 2.48. The summed E-state index contributed by atoms with van der Waals surface area (Å²) in [4.78, 5) is 5.98. The van der Waals surface area contributed by atoms with E-state index in [9.17, 15) is 4.39 Å². The Morgan fingerprint density at radius 2 is 2.17 bits per heavy atom. The first-order valence-electron chi connectivity index (χ1n) is 8.42. The van der Waals surface area contributed by atoms with Crippen LogP contribution in [0, 0.1) is 12.7 Å². The molecule has 1 aromatic rings. The number of rotatable bonds is 5. The number of hydrogen-bond donors (Lipinski definition) is 0. The van der Waals surface area contributed by atoms with Crippen LogP contribution in [0.25, 0.3) is 5.57 Å². The molecule has 1 unspecified atom stereocenters. The molecule has 1 aromatic carbocycles. The monoisotopic (exact) mass is 330 g/mol. The van der Waals surface area contributed by atoms with Crippen LogP contribution in [-0.2, 0) is 4.74 Å². The van der Waals surface area contributed by atoms with Crippen LogP contribution in [0.5, 0.6) is 0 Å². The zero-order chi connectivity index (χ0) is 17.7. The van der Waals surface area contributed by atoms with E-state index in [-0.39, 0.29) is 12.0 Å². The van der Waals surface area contributed by atoms with E-state index in [0.29, 0.717) is 5.69 Å². The van der Waals surface area contributed by atoms with Crippen molar-refractivity contribution in [2.45, 2.75) is 39.3 Å². The lowest BCUT2D eigenvalue weighted by Crippen LogP contribution is -2.37. The van der Waals surface area contributed by atoms with E-state index in [1.165, 1.54) is 0 Å².